The highest BCUT2D eigenvalue weighted by Crippen LogP contribution is 2.48. The second-order valence-electron chi connectivity index (χ2n) is 5.26. The van der Waals surface area contributed by atoms with Crippen LogP contribution in [0.15, 0.2) is 29.1 Å². The van der Waals surface area contributed by atoms with Gasteiger partial charge in [-0.3, -0.25) is 4.79 Å². The van der Waals surface area contributed by atoms with Gasteiger partial charge in [-0.05, 0) is 31.4 Å². The van der Waals surface area contributed by atoms with E-state index in [1.54, 1.807) is 11.3 Å². The van der Waals surface area contributed by atoms with Gasteiger partial charge in [-0.2, -0.15) is 0 Å². The van der Waals surface area contributed by atoms with Crippen molar-refractivity contribution in [3.8, 4) is 5.75 Å². The van der Waals surface area contributed by atoms with Crippen LogP contribution in [-0.2, 0) is 0 Å². The summed E-state index contributed by atoms with van der Waals surface area (Å²) in [6.07, 6.45) is 3.54. The lowest BCUT2D eigenvalue weighted by Crippen LogP contribution is -2.41. The van der Waals surface area contributed by atoms with E-state index < -0.39 is 0 Å². The Bertz CT molecular complexity index is 709. The lowest BCUT2D eigenvalue weighted by molar-refractivity contribution is 0.130. The summed E-state index contributed by atoms with van der Waals surface area (Å²) in [4.78, 5) is 14.1. The molecule has 1 saturated carbocycles. The summed E-state index contributed by atoms with van der Waals surface area (Å²) in [6, 6.07) is 7.83. The molecule has 1 aliphatic heterocycles. The molecule has 2 aromatic rings. The van der Waals surface area contributed by atoms with Crippen LogP contribution in [0, 0.1) is 0 Å². The first kappa shape index (κ1) is 11.9. The third-order valence-electron chi connectivity index (χ3n) is 4.13. The second-order valence-corrected chi connectivity index (χ2v) is 7.40. The van der Waals surface area contributed by atoms with Crippen LogP contribution in [0.3, 0.4) is 0 Å². The van der Waals surface area contributed by atoms with Crippen molar-refractivity contribution in [3.63, 3.8) is 0 Å². The van der Waals surface area contributed by atoms with Crippen molar-refractivity contribution in [1.29, 1.82) is 0 Å². The van der Waals surface area contributed by atoms with Crippen LogP contribution in [0.5, 0.6) is 5.75 Å². The second kappa shape index (κ2) is 4.32. The Kier molecular flexibility index (Phi) is 2.71. The van der Waals surface area contributed by atoms with Crippen LogP contribution in [0.25, 0.3) is 10.1 Å². The van der Waals surface area contributed by atoms with Gasteiger partial charge in [0.25, 0.3) is 0 Å². The smallest absolute Gasteiger partial charge is 0.230 e. The van der Waals surface area contributed by atoms with Gasteiger partial charge in [-0.1, -0.05) is 28.1 Å². The highest BCUT2D eigenvalue weighted by atomic mass is 79.9. The Labute approximate surface area is 123 Å². The van der Waals surface area contributed by atoms with Gasteiger partial charge in [0.2, 0.25) is 5.43 Å². The number of hydrogen-bond donors (Lipinski definition) is 0. The molecule has 2 nitrogen and oxygen atoms in total. The SMILES string of the molecule is O=c1c2c(sc3ccccc13)C1CCCC(O2)C1Br. The lowest BCUT2D eigenvalue weighted by Gasteiger charge is -2.39. The number of rotatable bonds is 0. The third kappa shape index (κ3) is 1.69. The normalized spacial score (nSPS) is 28.8. The van der Waals surface area contributed by atoms with Crippen molar-refractivity contribution in [2.45, 2.75) is 36.1 Å². The zero-order chi connectivity index (χ0) is 13.0. The van der Waals surface area contributed by atoms with E-state index >= 15 is 0 Å². The molecule has 0 N–H and O–H groups in total. The molecule has 0 saturated heterocycles. The van der Waals surface area contributed by atoms with Crippen LogP contribution in [0.1, 0.15) is 30.1 Å². The quantitative estimate of drug-likeness (QED) is 0.678. The van der Waals surface area contributed by atoms with E-state index in [0.717, 1.165) is 27.8 Å². The number of alkyl halides is 1. The van der Waals surface area contributed by atoms with E-state index in [2.05, 4.69) is 15.9 Å². The van der Waals surface area contributed by atoms with Gasteiger partial charge in [0.05, 0.1) is 9.70 Å². The van der Waals surface area contributed by atoms with Gasteiger partial charge >= 0.3 is 0 Å². The molecule has 1 fully saturated rings. The summed E-state index contributed by atoms with van der Waals surface area (Å²) in [5.74, 6) is 1.05. The van der Waals surface area contributed by atoms with Crippen LogP contribution in [0.4, 0.5) is 0 Å². The van der Waals surface area contributed by atoms with Crippen LogP contribution in [0.2, 0.25) is 0 Å². The molecule has 1 aromatic carbocycles. The van der Waals surface area contributed by atoms with Crippen LogP contribution < -0.4 is 10.2 Å². The fourth-order valence-corrected chi connectivity index (χ4v) is 5.54. The molecule has 1 aromatic heterocycles. The number of benzene rings is 1. The maximum absolute atomic E-state index is 12.6. The molecule has 3 atom stereocenters. The number of fused-ring (bicyclic) bond motifs is 5. The zero-order valence-corrected chi connectivity index (χ0v) is 12.7. The van der Waals surface area contributed by atoms with Crippen molar-refractivity contribution < 1.29 is 4.74 Å². The largest absolute Gasteiger partial charge is 0.484 e. The summed E-state index contributed by atoms with van der Waals surface area (Å²) in [6.45, 7) is 0. The van der Waals surface area contributed by atoms with Gasteiger partial charge in [-0.25, -0.2) is 0 Å². The molecular formula is C15H13BrO2S. The number of halogens is 1. The van der Waals surface area contributed by atoms with E-state index in [9.17, 15) is 4.79 Å². The Morgan fingerprint density at radius 1 is 1.26 bits per heavy atom. The topological polar surface area (TPSA) is 26.3 Å². The summed E-state index contributed by atoms with van der Waals surface area (Å²) in [5.41, 5.74) is 0.0700. The van der Waals surface area contributed by atoms with E-state index in [4.69, 9.17) is 4.74 Å². The van der Waals surface area contributed by atoms with Gasteiger partial charge in [0, 0.05) is 16.0 Å². The zero-order valence-electron chi connectivity index (χ0n) is 10.3. The summed E-state index contributed by atoms with van der Waals surface area (Å²) in [7, 11) is 0. The van der Waals surface area contributed by atoms with Gasteiger partial charge < -0.3 is 4.74 Å². The predicted molar refractivity (Wildman–Crippen MR) is 81.8 cm³/mol. The minimum absolute atomic E-state index is 0.0700. The monoisotopic (exact) mass is 336 g/mol. The first-order valence-electron chi connectivity index (χ1n) is 6.62. The molecule has 0 radical (unpaired) electrons. The van der Waals surface area contributed by atoms with Crippen molar-refractivity contribution in [3.05, 3.63) is 39.4 Å². The Balaban J connectivity index is 2.03. The molecule has 2 aliphatic rings. The fourth-order valence-electron chi connectivity index (χ4n) is 3.17. The Morgan fingerprint density at radius 3 is 3.00 bits per heavy atom. The molecule has 2 heterocycles. The molecule has 3 unspecified atom stereocenters. The van der Waals surface area contributed by atoms with Crippen LogP contribution in [-0.4, -0.2) is 10.9 Å². The lowest BCUT2D eigenvalue weighted by atomic mass is 9.84. The maximum atomic E-state index is 12.6. The molecule has 2 bridgehead atoms. The van der Waals surface area contributed by atoms with Gasteiger partial charge in [-0.15, -0.1) is 11.3 Å². The minimum atomic E-state index is 0.0700. The molecular weight excluding hydrogens is 324 g/mol. The van der Waals surface area contributed by atoms with E-state index in [1.165, 1.54) is 6.42 Å². The van der Waals surface area contributed by atoms with Crippen molar-refractivity contribution in [2.75, 3.05) is 0 Å². The van der Waals surface area contributed by atoms with E-state index in [0.29, 0.717) is 16.5 Å². The summed E-state index contributed by atoms with van der Waals surface area (Å²) >= 11 is 5.49. The first-order valence-corrected chi connectivity index (χ1v) is 8.35. The van der Waals surface area contributed by atoms with E-state index in [1.807, 2.05) is 24.3 Å². The molecule has 0 spiro atoms. The average molecular weight is 337 g/mol. The molecule has 19 heavy (non-hydrogen) atoms. The fraction of sp³-hybridized carbons (Fsp3) is 0.400. The molecule has 4 heteroatoms. The molecule has 1 aliphatic carbocycles. The first-order chi connectivity index (χ1) is 9.25. The van der Waals surface area contributed by atoms with Crippen molar-refractivity contribution in [2.24, 2.45) is 0 Å². The van der Waals surface area contributed by atoms with Gasteiger partial charge in [0.15, 0.2) is 5.75 Å². The average Bonchev–Trinajstić information content (AvgIpc) is 2.41. The van der Waals surface area contributed by atoms with Crippen molar-refractivity contribution in [1.82, 2.24) is 0 Å². The highest BCUT2D eigenvalue weighted by molar-refractivity contribution is 9.09. The Morgan fingerprint density at radius 2 is 2.11 bits per heavy atom. The summed E-state index contributed by atoms with van der Waals surface area (Å²) < 4.78 is 7.07. The standard InChI is InChI=1S/C15H13BrO2S/c16-12-9-5-3-6-10(12)18-14-13(17)8-4-1-2-7-11(8)19-15(9)14/h1-2,4,7,9-10,12H,3,5-6H2. The van der Waals surface area contributed by atoms with Crippen LogP contribution >= 0.6 is 27.3 Å². The van der Waals surface area contributed by atoms with Gasteiger partial charge in [0.1, 0.15) is 6.10 Å². The molecule has 0 amide bonds. The third-order valence-corrected chi connectivity index (χ3v) is 6.64. The Hall–Kier alpha value is -0.870. The maximum Gasteiger partial charge on any atom is 0.230 e. The molecule has 98 valence electrons. The summed E-state index contributed by atoms with van der Waals surface area (Å²) in [5, 5.41) is 0.789. The predicted octanol–water partition coefficient (Wildman–Crippen LogP) is 4.05. The van der Waals surface area contributed by atoms with Crippen molar-refractivity contribution >= 4 is 37.4 Å². The minimum Gasteiger partial charge on any atom is -0.484 e. The highest BCUT2D eigenvalue weighted by Gasteiger charge is 2.41. The van der Waals surface area contributed by atoms with E-state index in [-0.39, 0.29) is 11.5 Å². The molecule has 4 rings (SSSR count). The number of hydrogen-bond acceptors (Lipinski definition) is 3. The number of ether oxygens (including phenoxy) is 1.